The second kappa shape index (κ2) is 19.0. The van der Waals surface area contributed by atoms with Crippen molar-refractivity contribution >= 4 is 27.9 Å². The summed E-state index contributed by atoms with van der Waals surface area (Å²) in [6.45, 7) is 10.0. The molecule has 4 rings (SSSR count). The van der Waals surface area contributed by atoms with Gasteiger partial charge in [0.15, 0.2) is 0 Å². The molecule has 0 spiro atoms. The monoisotopic (exact) mass is 569 g/mol. The van der Waals surface area contributed by atoms with Gasteiger partial charge < -0.3 is 14.7 Å². The molecular weight excluding hydrogens is 509 g/mol. The van der Waals surface area contributed by atoms with E-state index in [0.717, 1.165) is 45.2 Å². The minimum absolute atomic E-state index is 0.00546. The highest BCUT2D eigenvalue weighted by molar-refractivity contribution is 6.22. The molecular formula is C34H60AlN3O2. The predicted octanol–water partition coefficient (Wildman–Crippen LogP) is 6.90. The van der Waals surface area contributed by atoms with E-state index in [0.29, 0.717) is 17.1 Å². The minimum Gasteiger partial charge on any atom is -0.365 e. The largest absolute Gasteiger partial charge is 0.365 e. The van der Waals surface area contributed by atoms with E-state index >= 15 is 0 Å². The summed E-state index contributed by atoms with van der Waals surface area (Å²) in [6, 6.07) is 0. The van der Waals surface area contributed by atoms with E-state index < -0.39 is 0 Å². The van der Waals surface area contributed by atoms with Gasteiger partial charge in [-0.25, -0.2) is 0 Å². The molecule has 0 amide bonds. The fourth-order valence-corrected chi connectivity index (χ4v) is 6.78. The van der Waals surface area contributed by atoms with Gasteiger partial charge in [-0.3, -0.25) is 9.59 Å². The Balaban J connectivity index is 0.000000227. The lowest BCUT2D eigenvalue weighted by Gasteiger charge is -2.21. The molecule has 3 heterocycles. The molecule has 0 aromatic rings. The maximum atomic E-state index is 12.4. The van der Waals surface area contributed by atoms with E-state index in [1.165, 1.54) is 138 Å². The number of carbonyl (C=O) groups excluding carboxylic acids is 2. The summed E-state index contributed by atoms with van der Waals surface area (Å²) in [7, 11) is 0. The molecule has 1 aliphatic carbocycles. The molecule has 3 saturated heterocycles. The van der Waals surface area contributed by atoms with E-state index in [1.807, 2.05) is 14.7 Å². The zero-order valence-corrected chi connectivity index (χ0v) is 28.5. The Morgan fingerprint density at radius 2 is 1.00 bits per heavy atom. The third-order valence-electron chi connectivity index (χ3n) is 9.00. The van der Waals surface area contributed by atoms with Gasteiger partial charge in [0, 0.05) is 45.3 Å². The maximum absolute atomic E-state index is 12.4. The Kier molecular flexibility index (Phi) is 15.8. The molecule has 0 N–H and O–H groups in total. The summed E-state index contributed by atoms with van der Waals surface area (Å²) in [5, 5.41) is 1.55. The van der Waals surface area contributed by atoms with Crippen LogP contribution in [0.4, 0.5) is 0 Å². The Hall–Kier alpha value is -1.25. The summed E-state index contributed by atoms with van der Waals surface area (Å²) in [5.41, 5.74) is 1.89. The summed E-state index contributed by atoms with van der Waals surface area (Å²) in [6.07, 6.45) is 28.1. The third-order valence-corrected chi connectivity index (χ3v) is 10.2. The first-order valence-corrected chi connectivity index (χ1v) is 18.8. The van der Waals surface area contributed by atoms with Crippen molar-refractivity contribution in [2.75, 3.05) is 39.3 Å². The Morgan fingerprint density at radius 1 is 0.600 bits per heavy atom. The standard InChI is InChI=1S/C22H45.C12H13N3O2.Al.2H/c1-4-6-8-10-12-13-15-17-19-21-22(3)20-18-16-14-11-9-7-5-2;16-9-7-8(13-1-2-13)12(17)11(15-5-6-15)10(9)14-3-4-14;;;/h22H,3-21H2,1-2H3;7H,1-6H2;;;. The highest BCUT2D eigenvalue weighted by atomic mass is 27.0. The van der Waals surface area contributed by atoms with Crippen LogP contribution in [-0.2, 0) is 9.59 Å². The summed E-state index contributed by atoms with van der Waals surface area (Å²) < 4.78 is 0. The molecule has 0 bridgehead atoms. The lowest BCUT2D eigenvalue weighted by atomic mass is 9.95. The second-order valence-electron chi connectivity index (χ2n) is 12.7. The van der Waals surface area contributed by atoms with Crippen LogP contribution in [0.25, 0.3) is 0 Å². The number of ketones is 2. The molecule has 0 radical (unpaired) electrons. The van der Waals surface area contributed by atoms with Crippen molar-refractivity contribution in [2.45, 2.75) is 135 Å². The summed E-state index contributed by atoms with van der Waals surface area (Å²) in [5.74, 6) is 1.13. The number of unbranched alkanes of at least 4 members (excludes halogenated alkanes) is 14. The molecule has 226 valence electrons. The molecule has 1 unspecified atom stereocenters. The van der Waals surface area contributed by atoms with Gasteiger partial charge in [0.2, 0.25) is 27.9 Å². The lowest BCUT2D eigenvalue weighted by molar-refractivity contribution is -0.117. The van der Waals surface area contributed by atoms with Gasteiger partial charge in [-0.1, -0.05) is 141 Å². The quantitative estimate of drug-likeness (QED) is 0.0614. The molecule has 0 aromatic heterocycles. The van der Waals surface area contributed by atoms with Crippen molar-refractivity contribution in [3.8, 4) is 0 Å². The first-order chi connectivity index (χ1) is 19.6. The topological polar surface area (TPSA) is 43.2 Å². The minimum atomic E-state index is 0.00546. The first kappa shape index (κ1) is 33.3. The SMILES string of the molecule is CCCCCCCCCCCC([CH2][AlH2])CCCCCCCCC.O=C1C=C(N2CC2)C(=O)C(N2CC2)=C1N1CC1. The Labute approximate surface area is 254 Å². The molecule has 6 heteroatoms. The normalized spacial score (nSPS) is 18.6. The highest BCUT2D eigenvalue weighted by Gasteiger charge is 2.43. The molecule has 3 aliphatic heterocycles. The van der Waals surface area contributed by atoms with Crippen molar-refractivity contribution in [1.29, 1.82) is 0 Å². The number of nitrogens with zero attached hydrogens (tertiary/aromatic N) is 3. The van der Waals surface area contributed by atoms with Crippen LogP contribution in [-0.4, -0.2) is 81.8 Å². The smallest absolute Gasteiger partial charge is 0.227 e. The van der Waals surface area contributed by atoms with Crippen LogP contribution in [0.3, 0.4) is 0 Å². The number of allylic oxidation sites excluding steroid dienone is 1. The van der Waals surface area contributed by atoms with Crippen LogP contribution in [0, 0.1) is 5.92 Å². The average molecular weight is 570 g/mol. The van der Waals surface area contributed by atoms with Crippen molar-refractivity contribution in [3.63, 3.8) is 0 Å². The molecule has 40 heavy (non-hydrogen) atoms. The molecule has 0 aromatic carbocycles. The fourth-order valence-electron chi connectivity index (χ4n) is 5.96. The molecule has 5 nitrogen and oxygen atoms in total. The first-order valence-electron chi connectivity index (χ1n) is 17.4. The average Bonchev–Trinajstić information content (AvgIpc) is 3.79. The van der Waals surface area contributed by atoms with Gasteiger partial charge in [0.05, 0.1) is 5.70 Å². The van der Waals surface area contributed by atoms with Crippen LogP contribution < -0.4 is 0 Å². The molecule has 1 atom stereocenters. The number of hydrogen-bond donors (Lipinski definition) is 0. The van der Waals surface area contributed by atoms with E-state index in [4.69, 9.17) is 0 Å². The number of hydrogen-bond acceptors (Lipinski definition) is 5. The third kappa shape index (κ3) is 12.3. The van der Waals surface area contributed by atoms with Gasteiger partial charge in [0.25, 0.3) is 0 Å². The van der Waals surface area contributed by atoms with E-state index in [1.54, 1.807) is 5.28 Å². The maximum Gasteiger partial charge on any atom is 0.227 e. The van der Waals surface area contributed by atoms with Crippen LogP contribution in [0.2, 0.25) is 5.28 Å². The summed E-state index contributed by atoms with van der Waals surface area (Å²) in [4.78, 5) is 30.5. The van der Waals surface area contributed by atoms with E-state index in [-0.39, 0.29) is 11.6 Å². The van der Waals surface area contributed by atoms with Gasteiger partial charge in [-0.05, 0) is 0 Å². The predicted molar refractivity (Wildman–Crippen MR) is 171 cm³/mol. The molecule has 4 aliphatic rings. The fraction of sp³-hybridized carbons (Fsp3) is 0.824. The molecule has 0 saturated carbocycles. The highest BCUT2D eigenvalue weighted by Crippen LogP contribution is 2.34. The van der Waals surface area contributed by atoms with Crippen molar-refractivity contribution in [2.24, 2.45) is 5.92 Å². The van der Waals surface area contributed by atoms with Gasteiger partial charge in [-0.2, -0.15) is 0 Å². The molecule has 3 fully saturated rings. The van der Waals surface area contributed by atoms with Crippen LogP contribution in [0.15, 0.2) is 23.2 Å². The Bertz CT molecular complexity index is 827. The number of carbonyl (C=O) groups is 2. The van der Waals surface area contributed by atoms with E-state index in [9.17, 15) is 9.59 Å². The number of rotatable bonds is 22. The Morgan fingerprint density at radius 3 is 1.40 bits per heavy atom. The van der Waals surface area contributed by atoms with Crippen molar-refractivity contribution in [1.82, 2.24) is 14.7 Å². The zero-order chi connectivity index (χ0) is 28.6. The van der Waals surface area contributed by atoms with Gasteiger partial charge in [-0.15, -0.1) is 0 Å². The van der Waals surface area contributed by atoms with Crippen molar-refractivity contribution < 1.29 is 9.59 Å². The van der Waals surface area contributed by atoms with Crippen LogP contribution in [0.1, 0.15) is 129 Å². The van der Waals surface area contributed by atoms with Gasteiger partial charge in [0.1, 0.15) is 11.4 Å². The van der Waals surface area contributed by atoms with Crippen molar-refractivity contribution in [3.05, 3.63) is 23.2 Å². The zero-order valence-electron chi connectivity index (χ0n) is 26.5. The van der Waals surface area contributed by atoms with Crippen LogP contribution in [0.5, 0.6) is 0 Å². The number of Topliss-reactive ketones (excluding diaryl/α,β-unsaturated/α-hetero) is 1. The summed E-state index contributed by atoms with van der Waals surface area (Å²) >= 11 is 1.41. The lowest BCUT2D eigenvalue weighted by Crippen LogP contribution is -2.29. The van der Waals surface area contributed by atoms with E-state index in [2.05, 4.69) is 13.8 Å². The second-order valence-corrected chi connectivity index (χ2v) is 13.5. The van der Waals surface area contributed by atoms with Gasteiger partial charge >= 0.3 is 0 Å². The van der Waals surface area contributed by atoms with Crippen LogP contribution >= 0.6 is 0 Å².